The number of hydrogen-bond donors (Lipinski definition) is 1. The van der Waals surface area contributed by atoms with Gasteiger partial charge in [-0.25, -0.2) is 4.79 Å². The van der Waals surface area contributed by atoms with E-state index in [1.807, 2.05) is 0 Å². The Labute approximate surface area is 98.5 Å². The Bertz CT molecular complexity index is 638. The molecule has 88 valence electrons. The number of hydrogen-bond acceptors (Lipinski definition) is 2. The first-order valence-corrected chi connectivity index (χ1v) is 5.25. The fourth-order valence-electron chi connectivity index (χ4n) is 2.05. The number of carboxylic acid groups (broad SMARTS) is 1. The minimum atomic E-state index is -0.949. The fraction of sp³-hybridized carbons (Fsp3) is 0.231. The smallest absolute Gasteiger partial charge is 0.336 e. The quantitative estimate of drug-likeness (QED) is 0.807. The van der Waals surface area contributed by atoms with E-state index < -0.39 is 5.97 Å². The first kappa shape index (κ1) is 11.4. The molecule has 0 aliphatic heterocycles. The van der Waals surface area contributed by atoms with Gasteiger partial charge in [-0.2, -0.15) is 0 Å². The number of carboxylic acids is 1. The van der Waals surface area contributed by atoms with Crippen molar-refractivity contribution < 1.29 is 14.7 Å². The first-order chi connectivity index (χ1) is 7.91. The standard InChI is InChI=1S/C13H13NO3/c1-7-4-10-11(8(2)15)6-14(3)12(10)5-9(7)13(16)17/h4-6H,1-3H3,(H,16,17). The molecule has 0 amide bonds. The number of aromatic nitrogens is 1. The molecule has 0 radical (unpaired) electrons. The van der Waals surface area contributed by atoms with Crippen molar-refractivity contribution in [1.29, 1.82) is 0 Å². The lowest BCUT2D eigenvalue weighted by Crippen LogP contribution is -2.00. The normalized spacial score (nSPS) is 10.8. The summed E-state index contributed by atoms with van der Waals surface area (Å²) in [6, 6.07) is 3.37. The molecule has 1 heterocycles. The Balaban J connectivity index is 2.85. The molecular formula is C13H13NO3. The Morgan fingerprint density at radius 1 is 1.24 bits per heavy atom. The summed E-state index contributed by atoms with van der Waals surface area (Å²) in [6.45, 7) is 3.25. The van der Waals surface area contributed by atoms with Crippen LogP contribution in [0.1, 0.15) is 33.2 Å². The van der Waals surface area contributed by atoms with Crippen LogP contribution in [0, 0.1) is 6.92 Å². The molecule has 0 aliphatic carbocycles. The van der Waals surface area contributed by atoms with Crippen molar-refractivity contribution in [2.24, 2.45) is 7.05 Å². The number of carbonyl (C=O) groups excluding carboxylic acids is 1. The highest BCUT2D eigenvalue weighted by atomic mass is 16.4. The molecule has 0 unspecified atom stereocenters. The predicted octanol–water partition coefficient (Wildman–Crippen LogP) is 2.39. The van der Waals surface area contributed by atoms with Crippen LogP contribution in [0.15, 0.2) is 18.3 Å². The zero-order chi connectivity index (χ0) is 12.7. The lowest BCUT2D eigenvalue weighted by molar-refractivity contribution is 0.0696. The third-order valence-electron chi connectivity index (χ3n) is 2.95. The van der Waals surface area contributed by atoms with Gasteiger partial charge in [-0.15, -0.1) is 0 Å². The van der Waals surface area contributed by atoms with Crippen LogP contribution in [0.3, 0.4) is 0 Å². The largest absolute Gasteiger partial charge is 0.478 e. The maximum absolute atomic E-state index is 11.5. The minimum absolute atomic E-state index is 0.0157. The van der Waals surface area contributed by atoms with Crippen LogP contribution in [0.5, 0.6) is 0 Å². The minimum Gasteiger partial charge on any atom is -0.478 e. The summed E-state index contributed by atoms with van der Waals surface area (Å²) in [5.41, 5.74) is 2.33. The van der Waals surface area contributed by atoms with E-state index >= 15 is 0 Å². The van der Waals surface area contributed by atoms with Gasteiger partial charge in [0.15, 0.2) is 5.78 Å². The Hall–Kier alpha value is -2.10. The van der Waals surface area contributed by atoms with Crippen molar-refractivity contribution in [1.82, 2.24) is 4.57 Å². The van der Waals surface area contributed by atoms with Crippen LogP contribution in [-0.4, -0.2) is 21.4 Å². The molecule has 4 nitrogen and oxygen atoms in total. The molecule has 4 heteroatoms. The number of ketones is 1. The predicted molar refractivity (Wildman–Crippen MR) is 64.6 cm³/mol. The molecule has 0 fully saturated rings. The number of fused-ring (bicyclic) bond motifs is 1. The molecule has 1 aromatic carbocycles. The summed E-state index contributed by atoms with van der Waals surface area (Å²) in [6.07, 6.45) is 1.73. The van der Waals surface area contributed by atoms with Gasteiger partial charge in [0.1, 0.15) is 0 Å². The second kappa shape index (κ2) is 3.73. The van der Waals surface area contributed by atoms with Gasteiger partial charge in [0.2, 0.25) is 0 Å². The van der Waals surface area contributed by atoms with Gasteiger partial charge in [-0.3, -0.25) is 4.79 Å². The van der Waals surface area contributed by atoms with E-state index in [-0.39, 0.29) is 11.3 Å². The van der Waals surface area contributed by atoms with Gasteiger partial charge < -0.3 is 9.67 Å². The van der Waals surface area contributed by atoms with E-state index in [2.05, 4.69) is 0 Å². The summed E-state index contributed by atoms with van der Waals surface area (Å²) in [5, 5.41) is 9.86. The van der Waals surface area contributed by atoms with Crippen LogP contribution < -0.4 is 0 Å². The molecule has 0 saturated heterocycles. The second-order valence-electron chi connectivity index (χ2n) is 4.20. The van der Waals surface area contributed by atoms with Crippen molar-refractivity contribution in [3.63, 3.8) is 0 Å². The Kier molecular flexibility index (Phi) is 2.50. The van der Waals surface area contributed by atoms with E-state index in [1.165, 1.54) is 6.92 Å². The topological polar surface area (TPSA) is 59.3 Å². The average Bonchev–Trinajstić information content (AvgIpc) is 2.54. The fourth-order valence-corrected chi connectivity index (χ4v) is 2.05. The SMILES string of the molecule is CC(=O)c1cn(C)c2cc(C(=O)O)c(C)cc12. The molecule has 17 heavy (non-hydrogen) atoms. The van der Waals surface area contributed by atoms with E-state index in [0.29, 0.717) is 11.1 Å². The zero-order valence-corrected chi connectivity index (χ0v) is 9.94. The molecule has 2 rings (SSSR count). The molecule has 0 aliphatic rings. The zero-order valence-electron chi connectivity index (χ0n) is 9.94. The summed E-state index contributed by atoms with van der Waals surface area (Å²) < 4.78 is 1.78. The molecule has 0 atom stereocenters. The average molecular weight is 231 g/mol. The van der Waals surface area contributed by atoms with Gasteiger partial charge >= 0.3 is 5.97 Å². The lowest BCUT2D eigenvalue weighted by Gasteiger charge is -2.03. The first-order valence-electron chi connectivity index (χ1n) is 5.25. The summed E-state index contributed by atoms with van der Waals surface area (Å²) >= 11 is 0. The van der Waals surface area contributed by atoms with Crippen molar-refractivity contribution in [3.8, 4) is 0 Å². The molecule has 1 N–H and O–H groups in total. The van der Waals surface area contributed by atoms with Crippen molar-refractivity contribution in [3.05, 3.63) is 35.0 Å². The Morgan fingerprint density at radius 3 is 2.41 bits per heavy atom. The molecule has 0 saturated carbocycles. The maximum Gasteiger partial charge on any atom is 0.336 e. The van der Waals surface area contributed by atoms with E-state index in [4.69, 9.17) is 5.11 Å². The number of rotatable bonds is 2. The molecule has 1 aromatic heterocycles. The monoisotopic (exact) mass is 231 g/mol. The number of Topliss-reactive ketones (excluding diaryl/α,β-unsaturated/α-hetero) is 1. The highest BCUT2D eigenvalue weighted by Crippen LogP contribution is 2.25. The third-order valence-corrected chi connectivity index (χ3v) is 2.95. The van der Waals surface area contributed by atoms with Crippen LogP contribution >= 0.6 is 0 Å². The molecular weight excluding hydrogens is 218 g/mol. The third kappa shape index (κ3) is 1.71. The highest BCUT2D eigenvalue weighted by Gasteiger charge is 2.15. The van der Waals surface area contributed by atoms with Gasteiger partial charge in [-0.1, -0.05) is 0 Å². The van der Waals surface area contributed by atoms with Crippen LogP contribution in [0.4, 0.5) is 0 Å². The second-order valence-corrected chi connectivity index (χ2v) is 4.20. The molecule has 0 bridgehead atoms. The van der Waals surface area contributed by atoms with Gasteiger partial charge in [0, 0.05) is 29.7 Å². The summed E-state index contributed by atoms with van der Waals surface area (Å²) in [7, 11) is 1.80. The number of aromatic carboxylic acids is 1. The number of benzene rings is 1. The molecule has 2 aromatic rings. The molecule has 0 spiro atoms. The van der Waals surface area contributed by atoms with Crippen molar-refractivity contribution in [2.75, 3.05) is 0 Å². The lowest BCUT2D eigenvalue weighted by atomic mass is 10.0. The number of carbonyl (C=O) groups is 2. The van der Waals surface area contributed by atoms with Crippen molar-refractivity contribution >= 4 is 22.7 Å². The van der Waals surface area contributed by atoms with Gasteiger partial charge in [0.05, 0.1) is 5.56 Å². The number of aryl methyl sites for hydroxylation is 2. The van der Waals surface area contributed by atoms with E-state index in [1.54, 1.807) is 36.9 Å². The number of nitrogens with zero attached hydrogens (tertiary/aromatic N) is 1. The van der Waals surface area contributed by atoms with Crippen molar-refractivity contribution in [2.45, 2.75) is 13.8 Å². The van der Waals surface area contributed by atoms with Gasteiger partial charge in [-0.05, 0) is 31.5 Å². The van der Waals surface area contributed by atoms with Crippen LogP contribution in [0.25, 0.3) is 10.9 Å². The van der Waals surface area contributed by atoms with Crippen LogP contribution in [0.2, 0.25) is 0 Å². The van der Waals surface area contributed by atoms with Gasteiger partial charge in [0.25, 0.3) is 0 Å². The van der Waals surface area contributed by atoms with E-state index in [9.17, 15) is 9.59 Å². The highest BCUT2D eigenvalue weighted by molar-refractivity contribution is 6.08. The summed E-state index contributed by atoms with van der Waals surface area (Å²) in [4.78, 5) is 22.5. The Morgan fingerprint density at radius 2 is 1.88 bits per heavy atom. The van der Waals surface area contributed by atoms with E-state index in [0.717, 1.165) is 10.9 Å². The summed E-state index contributed by atoms with van der Waals surface area (Å²) in [5.74, 6) is -0.965. The van der Waals surface area contributed by atoms with Crippen LogP contribution in [-0.2, 0) is 7.05 Å². The maximum atomic E-state index is 11.5.